The summed E-state index contributed by atoms with van der Waals surface area (Å²) in [6.45, 7) is 5.79. The quantitative estimate of drug-likeness (QED) is 0.796. The third kappa shape index (κ3) is 3.00. The second-order valence-electron chi connectivity index (χ2n) is 4.10. The van der Waals surface area contributed by atoms with Crippen LogP contribution in [0.1, 0.15) is 38.9 Å². The molecule has 1 unspecified atom stereocenters. The number of ether oxygens (including phenoxy) is 1. The normalized spacial score (nSPS) is 14.2. The molecule has 0 aromatic carbocycles. The summed E-state index contributed by atoms with van der Waals surface area (Å²) in [5.41, 5.74) is 5.26. The van der Waals surface area contributed by atoms with E-state index in [1.54, 1.807) is 7.11 Å². The molecule has 1 heterocycles. The van der Waals surface area contributed by atoms with E-state index >= 15 is 0 Å². The number of nitrogens with zero attached hydrogens (tertiary/aromatic N) is 2. The Bertz CT molecular complexity index is 309. The highest BCUT2D eigenvalue weighted by molar-refractivity contribution is 4.96. The molecule has 5 nitrogen and oxygen atoms in total. The van der Waals surface area contributed by atoms with Crippen molar-refractivity contribution in [1.82, 2.24) is 10.1 Å². The summed E-state index contributed by atoms with van der Waals surface area (Å²) < 4.78 is 10.4. The summed E-state index contributed by atoms with van der Waals surface area (Å²) in [5, 5.41) is 3.87. The lowest BCUT2D eigenvalue weighted by molar-refractivity contribution is -0.00786. The number of hydrogen-bond donors (Lipinski definition) is 1. The van der Waals surface area contributed by atoms with Crippen molar-refractivity contribution in [3.05, 3.63) is 11.7 Å². The van der Waals surface area contributed by atoms with Crippen LogP contribution in [0.3, 0.4) is 0 Å². The van der Waals surface area contributed by atoms with Gasteiger partial charge in [-0.2, -0.15) is 4.98 Å². The van der Waals surface area contributed by atoms with Crippen LogP contribution >= 0.6 is 0 Å². The summed E-state index contributed by atoms with van der Waals surface area (Å²) in [6, 6.07) is 0.0844. The largest absolute Gasteiger partial charge is 0.369 e. The van der Waals surface area contributed by atoms with Crippen molar-refractivity contribution in [2.45, 2.75) is 45.3 Å². The minimum atomic E-state index is -0.540. The molecule has 0 radical (unpaired) electrons. The maximum atomic E-state index is 5.80. The van der Waals surface area contributed by atoms with Crippen molar-refractivity contribution in [3.8, 4) is 0 Å². The van der Waals surface area contributed by atoms with Gasteiger partial charge in [0.1, 0.15) is 5.60 Å². The molecule has 0 saturated heterocycles. The number of aromatic nitrogens is 2. The van der Waals surface area contributed by atoms with Crippen LogP contribution in [-0.4, -0.2) is 23.3 Å². The minimum absolute atomic E-state index is 0.0844. The van der Waals surface area contributed by atoms with Gasteiger partial charge in [-0.05, 0) is 20.3 Å². The molecular formula is C10H19N3O2. The van der Waals surface area contributed by atoms with Gasteiger partial charge in [-0.1, -0.05) is 12.1 Å². The molecule has 0 saturated carbocycles. The predicted molar refractivity (Wildman–Crippen MR) is 56.3 cm³/mol. The minimum Gasteiger partial charge on any atom is -0.369 e. The Morgan fingerprint density at radius 3 is 2.73 bits per heavy atom. The molecule has 2 N–H and O–H groups in total. The van der Waals surface area contributed by atoms with E-state index in [-0.39, 0.29) is 6.04 Å². The van der Waals surface area contributed by atoms with E-state index in [4.69, 9.17) is 15.0 Å². The Balaban J connectivity index is 2.72. The lowest BCUT2D eigenvalue weighted by Crippen LogP contribution is -2.23. The van der Waals surface area contributed by atoms with E-state index in [0.29, 0.717) is 18.1 Å². The van der Waals surface area contributed by atoms with Crippen LogP contribution in [0.25, 0.3) is 0 Å². The van der Waals surface area contributed by atoms with Crippen molar-refractivity contribution in [3.63, 3.8) is 0 Å². The predicted octanol–water partition coefficient (Wildman–Crippen LogP) is 1.23. The first-order valence-electron chi connectivity index (χ1n) is 5.13. The molecule has 0 aliphatic rings. The molecule has 86 valence electrons. The van der Waals surface area contributed by atoms with Crippen LogP contribution in [0.15, 0.2) is 4.52 Å². The van der Waals surface area contributed by atoms with Gasteiger partial charge in [0.25, 0.3) is 5.89 Å². The number of nitrogens with two attached hydrogens (primary N) is 1. The van der Waals surface area contributed by atoms with Crippen molar-refractivity contribution < 1.29 is 9.26 Å². The van der Waals surface area contributed by atoms with E-state index in [2.05, 4.69) is 10.1 Å². The molecule has 1 aromatic heterocycles. The second kappa shape index (κ2) is 4.72. The van der Waals surface area contributed by atoms with Crippen LogP contribution in [0.2, 0.25) is 0 Å². The van der Waals surface area contributed by atoms with Gasteiger partial charge in [0.2, 0.25) is 0 Å². The average molecular weight is 213 g/mol. The standard InChI is InChI=1S/C10H19N3O2/c1-5-7(11)6-8-12-9(15-13-8)10(2,3)14-4/h7H,5-6,11H2,1-4H3. The molecule has 1 aromatic rings. The van der Waals surface area contributed by atoms with Crippen LogP contribution < -0.4 is 5.73 Å². The highest BCUT2D eigenvalue weighted by Gasteiger charge is 2.27. The molecule has 15 heavy (non-hydrogen) atoms. The van der Waals surface area contributed by atoms with Gasteiger partial charge in [0.05, 0.1) is 0 Å². The Labute approximate surface area is 90.0 Å². The maximum absolute atomic E-state index is 5.80. The fraction of sp³-hybridized carbons (Fsp3) is 0.800. The van der Waals surface area contributed by atoms with Gasteiger partial charge in [-0.25, -0.2) is 0 Å². The average Bonchev–Trinajstić information content (AvgIpc) is 2.66. The van der Waals surface area contributed by atoms with Gasteiger partial charge < -0.3 is 15.0 Å². The van der Waals surface area contributed by atoms with E-state index in [1.165, 1.54) is 0 Å². The SMILES string of the molecule is CCC(N)Cc1noc(C(C)(C)OC)n1. The molecule has 0 bridgehead atoms. The zero-order valence-electron chi connectivity index (χ0n) is 9.78. The summed E-state index contributed by atoms with van der Waals surface area (Å²) in [6.07, 6.45) is 1.54. The Hall–Kier alpha value is -0.940. The van der Waals surface area contributed by atoms with Gasteiger partial charge >= 0.3 is 0 Å². The Morgan fingerprint density at radius 2 is 2.20 bits per heavy atom. The number of methoxy groups -OCH3 is 1. The molecule has 0 aliphatic heterocycles. The fourth-order valence-corrected chi connectivity index (χ4v) is 1.05. The monoisotopic (exact) mass is 213 g/mol. The smallest absolute Gasteiger partial charge is 0.258 e. The highest BCUT2D eigenvalue weighted by Crippen LogP contribution is 2.21. The van der Waals surface area contributed by atoms with E-state index in [9.17, 15) is 0 Å². The van der Waals surface area contributed by atoms with Crippen molar-refractivity contribution >= 4 is 0 Å². The van der Waals surface area contributed by atoms with Crippen molar-refractivity contribution in [1.29, 1.82) is 0 Å². The molecule has 1 atom stereocenters. The second-order valence-corrected chi connectivity index (χ2v) is 4.10. The zero-order chi connectivity index (χ0) is 11.5. The molecule has 0 aliphatic carbocycles. The van der Waals surface area contributed by atoms with E-state index < -0.39 is 5.60 Å². The summed E-state index contributed by atoms with van der Waals surface area (Å²) >= 11 is 0. The number of rotatable bonds is 5. The van der Waals surface area contributed by atoms with Crippen molar-refractivity contribution in [2.75, 3.05) is 7.11 Å². The van der Waals surface area contributed by atoms with Crippen LogP contribution in [0.4, 0.5) is 0 Å². The Kier molecular flexibility index (Phi) is 3.82. The molecular weight excluding hydrogens is 194 g/mol. The molecule has 0 fully saturated rings. The van der Waals surface area contributed by atoms with Gasteiger partial charge in [-0.15, -0.1) is 0 Å². The molecule has 1 rings (SSSR count). The first-order valence-corrected chi connectivity index (χ1v) is 5.13. The first-order chi connectivity index (χ1) is 6.99. The van der Waals surface area contributed by atoms with Crippen molar-refractivity contribution in [2.24, 2.45) is 5.73 Å². The fourth-order valence-electron chi connectivity index (χ4n) is 1.05. The van der Waals surface area contributed by atoms with E-state index in [0.717, 1.165) is 6.42 Å². The van der Waals surface area contributed by atoms with Gasteiger partial charge in [-0.3, -0.25) is 0 Å². The van der Waals surface area contributed by atoms with E-state index in [1.807, 2.05) is 20.8 Å². The third-order valence-corrected chi connectivity index (χ3v) is 2.46. The summed E-state index contributed by atoms with van der Waals surface area (Å²) in [4.78, 5) is 4.26. The molecule has 0 amide bonds. The third-order valence-electron chi connectivity index (χ3n) is 2.46. The molecule has 0 spiro atoms. The number of hydrogen-bond acceptors (Lipinski definition) is 5. The van der Waals surface area contributed by atoms with Gasteiger partial charge in [0.15, 0.2) is 5.82 Å². The van der Waals surface area contributed by atoms with Gasteiger partial charge in [0, 0.05) is 19.6 Å². The lowest BCUT2D eigenvalue weighted by Gasteiger charge is -2.16. The lowest BCUT2D eigenvalue weighted by atomic mass is 10.1. The topological polar surface area (TPSA) is 74.2 Å². The molecule has 5 heteroatoms. The van der Waals surface area contributed by atoms with Crippen LogP contribution in [0, 0.1) is 0 Å². The first kappa shape index (κ1) is 12.1. The Morgan fingerprint density at radius 1 is 1.53 bits per heavy atom. The summed E-state index contributed by atoms with van der Waals surface area (Å²) in [5.74, 6) is 1.13. The zero-order valence-corrected chi connectivity index (χ0v) is 9.78. The van der Waals surface area contributed by atoms with Crippen LogP contribution in [-0.2, 0) is 16.8 Å². The van der Waals surface area contributed by atoms with Crippen LogP contribution in [0.5, 0.6) is 0 Å². The maximum Gasteiger partial charge on any atom is 0.258 e. The highest BCUT2D eigenvalue weighted by atomic mass is 16.5. The summed E-state index contributed by atoms with van der Waals surface area (Å²) in [7, 11) is 1.61.